The van der Waals surface area contributed by atoms with E-state index in [1.54, 1.807) is 0 Å². The number of carbonyl (C=O) groups excluding carboxylic acids is 1. The second-order valence-corrected chi connectivity index (χ2v) is 4.02. The Morgan fingerprint density at radius 1 is 1.44 bits per heavy atom. The van der Waals surface area contributed by atoms with Crippen molar-refractivity contribution >= 4 is 17.6 Å². The Bertz CT molecular complexity index is 307. The molecule has 1 aliphatic rings. The zero-order chi connectivity index (χ0) is 13.7. The molecule has 2 amide bonds. The molecule has 104 valence electrons. The average molecular weight is 284 g/mol. The fraction of sp³-hybridized carbons (Fsp3) is 0.875. The lowest BCUT2D eigenvalue weighted by molar-refractivity contribution is -0.192. The molecular formula is C8H14ClN3O6. The van der Waals surface area contributed by atoms with Crippen LogP contribution in [0.2, 0.25) is 0 Å². The van der Waals surface area contributed by atoms with Crippen molar-refractivity contribution in [3.05, 3.63) is 4.91 Å². The number of rotatable bonds is 4. The molecule has 0 aromatic heterocycles. The molecule has 18 heavy (non-hydrogen) atoms. The predicted octanol–water partition coefficient (Wildman–Crippen LogP) is -1.64. The van der Waals surface area contributed by atoms with Crippen LogP contribution in [0.3, 0.4) is 0 Å². The van der Waals surface area contributed by atoms with E-state index in [1.165, 1.54) is 0 Å². The van der Waals surface area contributed by atoms with E-state index in [0.717, 1.165) is 0 Å². The number of alkyl halides is 1. The van der Waals surface area contributed by atoms with Gasteiger partial charge in [0.1, 0.15) is 18.3 Å². The van der Waals surface area contributed by atoms with E-state index in [0.29, 0.717) is 5.01 Å². The lowest BCUT2D eigenvalue weighted by atomic mass is 10.0. The molecule has 0 radical (unpaired) electrons. The van der Waals surface area contributed by atoms with Gasteiger partial charge in [0.05, 0.1) is 18.4 Å². The molecule has 0 bridgehead atoms. The first-order chi connectivity index (χ1) is 8.51. The van der Waals surface area contributed by atoms with E-state index in [2.05, 4.69) is 10.6 Å². The van der Waals surface area contributed by atoms with Gasteiger partial charge in [-0.3, -0.25) is 0 Å². The summed E-state index contributed by atoms with van der Waals surface area (Å²) in [6, 6.07) is -0.918. The van der Waals surface area contributed by atoms with Gasteiger partial charge in [-0.25, -0.2) is 4.79 Å². The normalized spacial score (nSPS) is 31.8. The minimum Gasteiger partial charge on any atom is -0.388 e. The Hall–Kier alpha value is -1.00. The maximum absolute atomic E-state index is 11.5. The number of aliphatic hydroxyl groups excluding tert-OH is 3. The molecule has 9 nitrogen and oxygen atoms in total. The van der Waals surface area contributed by atoms with Gasteiger partial charge in [-0.2, -0.15) is 5.01 Å². The molecule has 1 unspecified atom stereocenters. The van der Waals surface area contributed by atoms with Gasteiger partial charge < -0.3 is 25.4 Å². The second-order valence-electron chi connectivity index (χ2n) is 3.65. The quantitative estimate of drug-likeness (QED) is 0.278. The minimum absolute atomic E-state index is 0.00851. The third-order valence-corrected chi connectivity index (χ3v) is 2.56. The number of nitrogens with one attached hydrogen (secondary N) is 1. The van der Waals surface area contributed by atoms with Gasteiger partial charge in [-0.15, -0.1) is 16.5 Å². The summed E-state index contributed by atoms with van der Waals surface area (Å²) >= 11 is 5.36. The van der Waals surface area contributed by atoms with Crippen molar-refractivity contribution < 1.29 is 24.9 Å². The molecule has 1 aliphatic heterocycles. The lowest BCUT2D eigenvalue weighted by Crippen LogP contribution is -2.60. The SMILES string of the molecule is O=NN(CCCl)C(=O)NC1OC[C@@H](O)[C@H](O)[C@H]1O. The van der Waals surface area contributed by atoms with Gasteiger partial charge in [-0.1, -0.05) is 0 Å². The summed E-state index contributed by atoms with van der Waals surface area (Å²) in [5.74, 6) is 0.00851. The summed E-state index contributed by atoms with van der Waals surface area (Å²) in [6.45, 7) is -0.363. The molecule has 10 heteroatoms. The fourth-order valence-corrected chi connectivity index (χ4v) is 1.55. The van der Waals surface area contributed by atoms with Gasteiger partial charge in [-0.05, 0) is 0 Å². The van der Waals surface area contributed by atoms with Gasteiger partial charge in [0.25, 0.3) is 0 Å². The first-order valence-corrected chi connectivity index (χ1v) is 5.67. The van der Waals surface area contributed by atoms with Gasteiger partial charge in [0.2, 0.25) is 0 Å². The predicted molar refractivity (Wildman–Crippen MR) is 59.5 cm³/mol. The van der Waals surface area contributed by atoms with E-state index in [9.17, 15) is 25.0 Å². The first-order valence-electron chi connectivity index (χ1n) is 5.14. The number of amides is 2. The van der Waals surface area contributed by atoms with Gasteiger partial charge in [0.15, 0.2) is 6.23 Å². The van der Waals surface area contributed by atoms with Crippen molar-refractivity contribution in [2.24, 2.45) is 5.29 Å². The second kappa shape index (κ2) is 6.81. The summed E-state index contributed by atoms with van der Waals surface area (Å²) in [6.07, 6.45) is -5.44. The van der Waals surface area contributed by atoms with Crippen LogP contribution in [-0.2, 0) is 4.74 Å². The molecular weight excluding hydrogens is 270 g/mol. The van der Waals surface area contributed by atoms with E-state index >= 15 is 0 Å². The van der Waals surface area contributed by atoms with Crippen LogP contribution in [0, 0.1) is 4.91 Å². The van der Waals surface area contributed by atoms with Crippen LogP contribution in [0.15, 0.2) is 5.29 Å². The summed E-state index contributed by atoms with van der Waals surface area (Å²) in [5, 5.41) is 33.2. The Labute approximate surface area is 107 Å². The number of aliphatic hydroxyl groups is 3. The Balaban J connectivity index is 2.56. The molecule has 0 aromatic carbocycles. The third kappa shape index (κ3) is 3.50. The standard InChI is InChI=1S/C8H14ClN3O6/c9-1-2-12(11-17)8(16)10-7-6(15)5(14)4(13)3-18-7/h4-7,13-15H,1-3H2,(H,10,16)/t4-,5+,6-,7?/m1/s1. The highest BCUT2D eigenvalue weighted by atomic mass is 35.5. The molecule has 1 rings (SSSR count). The highest BCUT2D eigenvalue weighted by molar-refractivity contribution is 6.18. The van der Waals surface area contributed by atoms with Crippen molar-refractivity contribution in [1.29, 1.82) is 0 Å². The number of nitrogens with zero attached hydrogens (tertiary/aromatic N) is 2. The van der Waals surface area contributed by atoms with Crippen LogP contribution >= 0.6 is 11.6 Å². The number of hydrogen-bond donors (Lipinski definition) is 4. The molecule has 0 saturated carbocycles. The van der Waals surface area contributed by atoms with E-state index < -0.39 is 30.6 Å². The van der Waals surface area contributed by atoms with Crippen LogP contribution in [0.4, 0.5) is 4.79 Å². The minimum atomic E-state index is -1.51. The summed E-state index contributed by atoms with van der Waals surface area (Å²) < 4.78 is 4.92. The molecule has 1 saturated heterocycles. The molecule has 4 N–H and O–H groups in total. The summed E-state index contributed by atoms with van der Waals surface area (Å²) in [4.78, 5) is 21.8. The van der Waals surface area contributed by atoms with Crippen LogP contribution in [0.5, 0.6) is 0 Å². The van der Waals surface area contributed by atoms with Gasteiger partial charge in [0, 0.05) is 5.88 Å². The number of ether oxygens (including phenoxy) is 1. The van der Waals surface area contributed by atoms with E-state index in [4.69, 9.17) is 16.3 Å². The molecule has 0 aliphatic carbocycles. The average Bonchev–Trinajstić information content (AvgIpc) is 2.36. The number of halogens is 1. The zero-order valence-corrected chi connectivity index (χ0v) is 10.0. The van der Waals surface area contributed by atoms with Crippen LogP contribution < -0.4 is 5.32 Å². The van der Waals surface area contributed by atoms with Crippen molar-refractivity contribution in [3.63, 3.8) is 0 Å². The molecule has 0 aromatic rings. The highest BCUT2D eigenvalue weighted by Gasteiger charge is 2.38. The number of urea groups is 1. The Morgan fingerprint density at radius 3 is 2.67 bits per heavy atom. The fourth-order valence-electron chi connectivity index (χ4n) is 1.39. The molecule has 0 spiro atoms. The third-order valence-electron chi connectivity index (χ3n) is 2.40. The number of hydrogen-bond acceptors (Lipinski definition) is 7. The number of nitroso groups, excluding NO2 is 1. The van der Waals surface area contributed by atoms with Gasteiger partial charge >= 0.3 is 6.03 Å². The highest BCUT2D eigenvalue weighted by Crippen LogP contribution is 2.14. The monoisotopic (exact) mass is 283 g/mol. The van der Waals surface area contributed by atoms with Crippen molar-refractivity contribution in [3.8, 4) is 0 Å². The summed E-state index contributed by atoms with van der Waals surface area (Å²) in [7, 11) is 0. The van der Waals surface area contributed by atoms with Crippen molar-refractivity contribution in [2.75, 3.05) is 19.0 Å². The van der Waals surface area contributed by atoms with Crippen molar-refractivity contribution in [2.45, 2.75) is 24.5 Å². The first kappa shape index (κ1) is 15.1. The maximum atomic E-state index is 11.5. The Kier molecular flexibility index (Phi) is 5.69. The largest absolute Gasteiger partial charge is 0.388 e. The lowest BCUT2D eigenvalue weighted by Gasteiger charge is -2.35. The molecule has 4 atom stereocenters. The van der Waals surface area contributed by atoms with E-state index in [-0.39, 0.29) is 19.0 Å². The van der Waals surface area contributed by atoms with Crippen LogP contribution in [-0.4, -0.2) is 69.9 Å². The van der Waals surface area contributed by atoms with Crippen molar-refractivity contribution in [1.82, 2.24) is 10.3 Å². The topological polar surface area (TPSA) is 132 Å². The van der Waals surface area contributed by atoms with Crippen LogP contribution in [0.1, 0.15) is 0 Å². The maximum Gasteiger partial charge on any atom is 0.342 e. The molecule has 1 fully saturated rings. The van der Waals surface area contributed by atoms with Crippen LogP contribution in [0.25, 0.3) is 0 Å². The summed E-state index contributed by atoms with van der Waals surface area (Å²) in [5.41, 5.74) is 0. The molecule has 1 heterocycles. The smallest absolute Gasteiger partial charge is 0.342 e. The Morgan fingerprint density at radius 2 is 2.11 bits per heavy atom. The number of carbonyl (C=O) groups is 1. The zero-order valence-electron chi connectivity index (χ0n) is 9.27. The van der Waals surface area contributed by atoms with E-state index in [1.807, 2.05) is 0 Å².